The molecule has 3 heteroatoms. The van der Waals surface area contributed by atoms with Crippen LogP contribution in [0.2, 0.25) is 0 Å². The second-order valence-corrected chi connectivity index (χ2v) is 12.5. The molecule has 2 aromatic rings. The average molecular weight is 452 g/mol. The number of hydrogen-bond donors (Lipinski definition) is 0. The molecule has 136 valence electrons. The van der Waals surface area contributed by atoms with Crippen LogP contribution in [-0.4, -0.2) is 5.97 Å². The van der Waals surface area contributed by atoms with Gasteiger partial charge in [-0.05, 0) is 0 Å². The summed E-state index contributed by atoms with van der Waals surface area (Å²) in [5.41, 5.74) is 2.54. The summed E-state index contributed by atoms with van der Waals surface area (Å²) >= 11 is -2.36. The molecule has 2 rings (SSSR count). The fourth-order valence-corrected chi connectivity index (χ4v) is 8.56. The van der Waals surface area contributed by atoms with Crippen molar-refractivity contribution in [1.82, 2.24) is 0 Å². The Balaban J connectivity index is 2.71. The summed E-state index contributed by atoms with van der Waals surface area (Å²) in [7, 11) is 0. The molecule has 25 heavy (non-hydrogen) atoms. The van der Waals surface area contributed by atoms with Gasteiger partial charge in [0.05, 0.1) is 0 Å². The monoisotopic (exact) mass is 452 g/mol. The number of carbonyl (C=O) groups is 1. The van der Waals surface area contributed by atoms with Crippen LogP contribution < -0.4 is 0 Å². The predicted molar refractivity (Wildman–Crippen MR) is 113 cm³/mol. The Kier molecular flexibility index (Phi) is 5.97. The van der Waals surface area contributed by atoms with Crippen molar-refractivity contribution in [2.45, 2.75) is 59.3 Å². The topological polar surface area (TPSA) is 26.3 Å². The van der Waals surface area contributed by atoms with Gasteiger partial charge in [0.1, 0.15) is 0 Å². The van der Waals surface area contributed by atoms with Crippen LogP contribution in [0.3, 0.4) is 0 Å². The van der Waals surface area contributed by atoms with Crippen LogP contribution in [0.4, 0.5) is 0 Å². The van der Waals surface area contributed by atoms with E-state index in [1.807, 2.05) is 0 Å². The standard InChI is InChI=1S/C22H29IO2/c1-16(24)25-23(19-14-10-8-12-17(19)21(2,3)4)20-15-11-9-13-18(20)22(5,6)7/h8-15H,1-7H3. The van der Waals surface area contributed by atoms with Crippen LogP contribution in [-0.2, 0) is 18.7 Å². The summed E-state index contributed by atoms with van der Waals surface area (Å²) in [4.78, 5) is 11.9. The number of rotatable bonds is 3. The molecule has 0 aliphatic rings. The van der Waals surface area contributed by atoms with Crippen LogP contribution in [0, 0.1) is 7.14 Å². The van der Waals surface area contributed by atoms with Gasteiger partial charge in [-0.2, -0.15) is 0 Å². The molecule has 0 amide bonds. The van der Waals surface area contributed by atoms with Gasteiger partial charge in [0.15, 0.2) is 0 Å². The molecule has 0 saturated heterocycles. The van der Waals surface area contributed by atoms with Crippen LogP contribution in [0.1, 0.15) is 59.6 Å². The molecule has 0 spiro atoms. The Bertz CT molecular complexity index is 694. The summed E-state index contributed by atoms with van der Waals surface area (Å²) in [5, 5.41) is 0. The quantitative estimate of drug-likeness (QED) is 0.511. The van der Waals surface area contributed by atoms with E-state index in [1.165, 1.54) is 25.2 Å². The normalized spacial score (nSPS) is 12.7. The van der Waals surface area contributed by atoms with E-state index in [0.717, 1.165) is 0 Å². The van der Waals surface area contributed by atoms with Crippen molar-refractivity contribution in [1.29, 1.82) is 0 Å². The van der Waals surface area contributed by atoms with Crippen molar-refractivity contribution in [3.05, 3.63) is 66.8 Å². The van der Waals surface area contributed by atoms with Gasteiger partial charge in [-0.3, -0.25) is 0 Å². The van der Waals surface area contributed by atoms with Crippen molar-refractivity contribution in [3.8, 4) is 0 Å². The molecule has 0 bridgehead atoms. The van der Waals surface area contributed by atoms with Gasteiger partial charge in [0, 0.05) is 0 Å². The van der Waals surface area contributed by atoms with Gasteiger partial charge >= 0.3 is 160 Å². The predicted octanol–water partition coefficient (Wildman–Crippen LogP) is 6.31. The first kappa shape index (κ1) is 20.0. The summed E-state index contributed by atoms with van der Waals surface area (Å²) in [6, 6.07) is 16.9. The van der Waals surface area contributed by atoms with Gasteiger partial charge in [-0.15, -0.1) is 0 Å². The second kappa shape index (κ2) is 7.48. The molecule has 0 atom stereocenters. The van der Waals surface area contributed by atoms with E-state index in [0.29, 0.717) is 0 Å². The SMILES string of the molecule is CC(=O)OI(c1ccccc1C(C)(C)C)c1ccccc1C(C)(C)C. The van der Waals surface area contributed by atoms with E-state index < -0.39 is 20.2 Å². The number of carbonyl (C=O) groups excluding carboxylic acids is 1. The first-order chi connectivity index (χ1) is 11.5. The van der Waals surface area contributed by atoms with Gasteiger partial charge in [0.25, 0.3) is 0 Å². The Labute approximate surface area is 159 Å². The summed E-state index contributed by atoms with van der Waals surface area (Å²) in [5.74, 6) is -0.197. The first-order valence-electron chi connectivity index (χ1n) is 8.60. The molecule has 0 fully saturated rings. The third-order valence-corrected chi connectivity index (χ3v) is 8.97. The zero-order valence-corrected chi connectivity index (χ0v) is 18.5. The molecule has 0 aromatic heterocycles. The molecule has 0 aliphatic heterocycles. The Hall–Kier alpha value is -1.36. The van der Waals surface area contributed by atoms with Crippen LogP contribution in [0.25, 0.3) is 0 Å². The van der Waals surface area contributed by atoms with Crippen molar-refractivity contribution in [2.24, 2.45) is 0 Å². The zero-order valence-electron chi connectivity index (χ0n) is 16.3. The van der Waals surface area contributed by atoms with Gasteiger partial charge in [0.2, 0.25) is 0 Å². The zero-order chi connectivity index (χ0) is 18.8. The molecule has 2 aromatic carbocycles. The van der Waals surface area contributed by atoms with E-state index in [-0.39, 0.29) is 16.8 Å². The van der Waals surface area contributed by atoms with E-state index in [1.54, 1.807) is 0 Å². The molecule has 0 N–H and O–H groups in total. The van der Waals surface area contributed by atoms with E-state index in [9.17, 15) is 4.79 Å². The maximum atomic E-state index is 11.9. The van der Waals surface area contributed by atoms with Crippen LogP contribution >= 0.6 is 20.2 Å². The van der Waals surface area contributed by atoms with Crippen molar-refractivity contribution >= 4 is 26.2 Å². The Morgan fingerprint density at radius 1 is 0.760 bits per heavy atom. The third-order valence-electron chi connectivity index (χ3n) is 3.92. The first-order valence-corrected chi connectivity index (χ1v) is 11.6. The van der Waals surface area contributed by atoms with E-state index in [2.05, 4.69) is 90.1 Å². The molecular weight excluding hydrogens is 423 g/mol. The molecule has 2 nitrogen and oxygen atoms in total. The summed E-state index contributed by atoms with van der Waals surface area (Å²) in [6.45, 7) is 14.8. The number of hydrogen-bond acceptors (Lipinski definition) is 2. The molecule has 0 radical (unpaired) electrons. The molecule has 0 saturated carbocycles. The van der Waals surface area contributed by atoms with Gasteiger partial charge < -0.3 is 0 Å². The summed E-state index contributed by atoms with van der Waals surface area (Å²) in [6.07, 6.45) is 0. The second-order valence-electron chi connectivity index (χ2n) is 8.28. The Morgan fingerprint density at radius 3 is 1.44 bits per heavy atom. The Morgan fingerprint density at radius 2 is 1.12 bits per heavy atom. The molecule has 0 unspecified atom stereocenters. The molecular formula is C22H29IO2. The molecule has 0 heterocycles. The van der Waals surface area contributed by atoms with Crippen molar-refractivity contribution in [3.63, 3.8) is 0 Å². The van der Waals surface area contributed by atoms with Gasteiger partial charge in [-0.1, -0.05) is 0 Å². The molecule has 0 aliphatic carbocycles. The fourth-order valence-electron chi connectivity index (χ4n) is 2.74. The number of halogens is 1. The third kappa shape index (κ3) is 4.84. The van der Waals surface area contributed by atoms with E-state index in [4.69, 9.17) is 3.07 Å². The van der Waals surface area contributed by atoms with Crippen molar-refractivity contribution < 1.29 is 7.86 Å². The fraction of sp³-hybridized carbons (Fsp3) is 0.409. The van der Waals surface area contributed by atoms with Crippen molar-refractivity contribution in [2.75, 3.05) is 0 Å². The van der Waals surface area contributed by atoms with E-state index >= 15 is 0 Å². The maximum absolute atomic E-state index is 11.9. The van der Waals surface area contributed by atoms with Crippen LogP contribution in [0.5, 0.6) is 0 Å². The minimum atomic E-state index is -2.36. The van der Waals surface area contributed by atoms with Gasteiger partial charge in [-0.25, -0.2) is 0 Å². The summed E-state index contributed by atoms with van der Waals surface area (Å²) < 4.78 is 8.44. The van der Waals surface area contributed by atoms with Crippen LogP contribution in [0.15, 0.2) is 48.5 Å². The number of benzene rings is 2. The minimum absolute atomic E-state index is 0.00312. The average Bonchev–Trinajstić information content (AvgIpc) is 2.51.